The molecular formula is C20H20N4O5S. The van der Waals surface area contributed by atoms with Crippen LogP contribution < -0.4 is 9.46 Å². The molecule has 1 heterocycles. The van der Waals surface area contributed by atoms with Crippen LogP contribution in [-0.2, 0) is 10.0 Å². The highest BCUT2D eigenvalue weighted by Gasteiger charge is 2.18. The van der Waals surface area contributed by atoms with Crippen molar-refractivity contribution >= 4 is 21.4 Å². The fourth-order valence-electron chi connectivity index (χ4n) is 2.52. The summed E-state index contributed by atoms with van der Waals surface area (Å²) < 4.78 is 33.2. The molecule has 0 aliphatic carbocycles. The molecule has 10 heteroatoms. The minimum Gasteiger partial charge on any atom is -0.476 e. The summed E-state index contributed by atoms with van der Waals surface area (Å²) in [4.78, 5) is 10.1. The number of aromatic nitrogens is 2. The molecule has 0 saturated carbocycles. The lowest BCUT2D eigenvalue weighted by Crippen LogP contribution is -2.13. The van der Waals surface area contributed by atoms with Crippen LogP contribution in [0.2, 0.25) is 0 Å². The third-order valence-electron chi connectivity index (χ3n) is 3.95. The quantitative estimate of drug-likeness (QED) is 0.426. The number of anilines is 1. The number of ether oxygens (including phenoxy) is 1. The maximum absolute atomic E-state index is 12.6. The van der Waals surface area contributed by atoms with E-state index in [0.29, 0.717) is 35.3 Å². The molecule has 30 heavy (non-hydrogen) atoms. The van der Waals surface area contributed by atoms with Crippen molar-refractivity contribution in [3.05, 3.63) is 70.8 Å². The molecule has 1 N–H and O–H groups in total. The second-order valence-electron chi connectivity index (χ2n) is 6.90. The molecule has 3 rings (SSSR count). The number of rotatable bonds is 8. The van der Waals surface area contributed by atoms with Gasteiger partial charge in [0.15, 0.2) is 0 Å². The van der Waals surface area contributed by atoms with Crippen molar-refractivity contribution in [3.8, 4) is 17.1 Å². The van der Waals surface area contributed by atoms with E-state index in [1.165, 1.54) is 18.2 Å². The molecule has 0 fully saturated rings. The molecule has 0 amide bonds. The van der Waals surface area contributed by atoms with Crippen LogP contribution in [0.1, 0.15) is 13.8 Å². The lowest BCUT2D eigenvalue weighted by atomic mass is 10.1. The number of nitrogens with one attached hydrogen (secondary N) is 1. The molecule has 0 bridgehead atoms. The van der Waals surface area contributed by atoms with E-state index in [1.807, 2.05) is 13.8 Å². The van der Waals surface area contributed by atoms with Gasteiger partial charge in [0.2, 0.25) is 5.88 Å². The van der Waals surface area contributed by atoms with Gasteiger partial charge in [-0.05, 0) is 30.2 Å². The Hall–Kier alpha value is -3.53. The third-order valence-corrected chi connectivity index (χ3v) is 5.33. The third kappa shape index (κ3) is 5.29. The maximum Gasteiger partial charge on any atom is 0.270 e. The second-order valence-corrected chi connectivity index (χ2v) is 8.58. The molecule has 0 saturated heterocycles. The first-order chi connectivity index (χ1) is 14.2. The van der Waals surface area contributed by atoms with Crippen LogP contribution in [-0.4, -0.2) is 30.1 Å². The summed E-state index contributed by atoms with van der Waals surface area (Å²) in [5, 5.41) is 19.1. The summed E-state index contributed by atoms with van der Waals surface area (Å²) >= 11 is 0. The zero-order chi connectivity index (χ0) is 21.7. The van der Waals surface area contributed by atoms with Gasteiger partial charge in [0, 0.05) is 29.4 Å². The number of nitro benzene ring substituents is 1. The first kappa shape index (κ1) is 21.2. The Kier molecular flexibility index (Phi) is 6.26. The van der Waals surface area contributed by atoms with Crippen molar-refractivity contribution in [1.82, 2.24) is 10.2 Å². The van der Waals surface area contributed by atoms with Crippen molar-refractivity contribution in [2.24, 2.45) is 5.92 Å². The van der Waals surface area contributed by atoms with Gasteiger partial charge in [0.05, 0.1) is 22.1 Å². The van der Waals surface area contributed by atoms with Gasteiger partial charge in [-0.3, -0.25) is 14.8 Å². The number of non-ortho nitro benzene ring substituents is 1. The van der Waals surface area contributed by atoms with E-state index in [2.05, 4.69) is 14.9 Å². The molecule has 0 radical (unpaired) electrons. The zero-order valence-electron chi connectivity index (χ0n) is 16.3. The van der Waals surface area contributed by atoms with E-state index in [9.17, 15) is 18.5 Å². The summed E-state index contributed by atoms with van der Waals surface area (Å²) in [5.41, 5.74) is 1.18. The van der Waals surface area contributed by atoms with E-state index < -0.39 is 14.9 Å². The topological polar surface area (TPSA) is 124 Å². The van der Waals surface area contributed by atoms with Gasteiger partial charge in [-0.15, -0.1) is 10.2 Å². The highest BCUT2D eigenvalue weighted by atomic mass is 32.2. The Morgan fingerprint density at radius 2 is 1.83 bits per heavy atom. The maximum atomic E-state index is 12.6. The van der Waals surface area contributed by atoms with Crippen LogP contribution in [0, 0.1) is 16.0 Å². The first-order valence-corrected chi connectivity index (χ1v) is 10.6. The smallest absolute Gasteiger partial charge is 0.270 e. The molecule has 0 aliphatic rings. The predicted octanol–water partition coefficient (Wildman–Crippen LogP) is 3.89. The molecule has 0 unspecified atom stereocenters. The van der Waals surface area contributed by atoms with E-state index >= 15 is 0 Å². The Morgan fingerprint density at radius 1 is 1.07 bits per heavy atom. The normalized spacial score (nSPS) is 11.3. The number of hydrogen-bond acceptors (Lipinski definition) is 7. The van der Waals surface area contributed by atoms with Gasteiger partial charge >= 0.3 is 0 Å². The Morgan fingerprint density at radius 3 is 2.50 bits per heavy atom. The average molecular weight is 428 g/mol. The highest BCUT2D eigenvalue weighted by Crippen LogP contribution is 2.24. The largest absolute Gasteiger partial charge is 0.476 e. The number of hydrogen-bond donors (Lipinski definition) is 1. The minimum atomic E-state index is -4.00. The van der Waals surface area contributed by atoms with E-state index in [1.54, 1.807) is 36.4 Å². The molecule has 156 valence electrons. The van der Waals surface area contributed by atoms with Crippen molar-refractivity contribution in [1.29, 1.82) is 0 Å². The van der Waals surface area contributed by atoms with Crippen molar-refractivity contribution in [2.75, 3.05) is 11.3 Å². The van der Waals surface area contributed by atoms with Crippen LogP contribution in [0.15, 0.2) is 65.6 Å². The lowest BCUT2D eigenvalue weighted by molar-refractivity contribution is -0.385. The summed E-state index contributed by atoms with van der Waals surface area (Å²) in [6, 6.07) is 14.9. The van der Waals surface area contributed by atoms with Crippen LogP contribution in [0.4, 0.5) is 11.4 Å². The fourth-order valence-corrected chi connectivity index (χ4v) is 3.61. The number of benzene rings is 2. The van der Waals surface area contributed by atoms with Crippen LogP contribution in [0.25, 0.3) is 11.3 Å². The number of sulfonamides is 1. The molecule has 3 aromatic rings. The highest BCUT2D eigenvalue weighted by molar-refractivity contribution is 7.92. The zero-order valence-corrected chi connectivity index (χ0v) is 17.2. The fraction of sp³-hybridized carbons (Fsp3) is 0.200. The molecule has 1 aromatic heterocycles. The molecule has 2 aromatic carbocycles. The lowest BCUT2D eigenvalue weighted by Gasteiger charge is -2.10. The number of nitro groups is 1. The number of nitrogens with zero attached hydrogens (tertiary/aromatic N) is 3. The van der Waals surface area contributed by atoms with Crippen molar-refractivity contribution in [3.63, 3.8) is 0 Å². The van der Waals surface area contributed by atoms with Crippen LogP contribution >= 0.6 is 0 Å². The van der Waals surface area contributed by atoms with Crippen LogP contribution in [0.5, 0.6) is 5.88 Å². The second kappa shape index (κ2) is 8.87. The Balaban J connectivity index is 1.80. The predicted molar refractivity (Wildman–Crippen MR) is 112 cm³/mol. The molecular weight excluding hydrogens is 408 g/mol. The summed E-state index contributed by atoms with van der Waals surface area (Å²) in [6.07, 6.45) is 0. The molecule has 0 aliphatic heterocycles. The summed E-state index contributed by atoms with van der Waals surface area (Å²) in [6.45, 7) is 4.59. The SMILES string of the molecule is CC(C)COc1ccc(-c2cccc(NS(=O)(=O)c3cccc([N+](=O)[O-])c3)c2)nn1. The van der Waals surface area contributed by atoms with Crippen molar-refractivity contribution < 1.29 is 18.1 Å². The average Bonchev–Trinajstić information content (AvgIpc) is 2.72. The molecule has 0 atom stereocenters. The van der Waals surface area contributed by atoms with Gasteiger partial charge in [-0.2, -0.15) is 0 Å². The molecule has 9 nitrogen and oxygen atoms in total. The van der Waals surface area contributed by atoms with Gasteiger partial charge in [-0.25, -0.2) is 8.42 Å². The summed E-state index contributed by atoms with van der Waals surface area (Å²) in [7, 11) is -4.00. The van der Waals surface area contributed by atoms with Gasteiger partial charge in [0.25, 0.3) is 15.7 Å². The van der Waals surface area contributed by atoms with E-state index in [4.69, 9.17) is 4.74 Å². The summed E-state index contributed by atoms with van der Waals surface area (Å²) in [5.74, 6) is 0.775. The van der Waals surface area contributed by atoms with E-state index in [-0.39, 0.29) is 10.6 Å². The van der Waals surface area contributed by atoms with E-state index in [0.717, 1.165) is 6.07 Å². The van der Waals surface area contributed by atoms with Gasteiger partial charge < -0.3 is 4.74 Å². The molecule has 0 spiro atoms. The standard InChI is InChI=1S/C20H20N4O5S/c1-14(2)13-29-20-10-9-19(21-22-20)15-5-3-6-16(11-15)23-30(27,28)18-8-4-7-17(12-18)24(25)26/h3-12,14,23H,13H2,1-2H3. The Bertz CT molecular complexity index is 1150. The van der Waals surface area contributed by atoms with Crippen LogP contribution in [0.3, 0.4) is 0 Å². The first-order valence-electron chi connectivity index (χ1n) is 9.09. The minimum absolute atomic E-state index is 0.200. The Labute approximate surface area is 173 Å². The van der Waals surface area contributed by atoms with Crippen molar-refractivity contribution in [2.45, 2.75) is 18.7 Å². The van der Waals surface area contributed by atoms with Gasteiger partial charge in [-0.1, -0.05) is 32.0 Å². The van der Waals surface area contributed by atoms with Gasteiger partial charge in [0.1, 0.15) is 0 Å². The monoisotopic (exact) mass is 428 g/mol.